The highest BCUT2D eigenvalue weighted by atomic mass is 31.2. The van der Waals surface area contributed by atoms with Crippen molar-refractivity contribution in [2.45, 2.75) is 31.7 Å². The molecule has 1 fully saturated rings. The van der Waals surface area contributed by atoms with Crippen molar-refractivity contribution in [1.82, 2.24) is 40.4 Å². The van der Waals surface area contributed by atoms with Crippen LogP contribution in [0.25, 0.3) is 0 Å². The summed E-state index contributed by atoms with van der Waals surface area (Å²) in [6.45, 7) is -0.807. The number of rotatable bonds is 26. The van der Waals surface area contributed by atoms with Crippen LogP contribution in [-0.4, -0.2) is 220 Å². The molecule has 1 rings (SSSR count). The van der Waals surface area contributed by atoms with Gasteiger partial charge in [-0.3, -0.25) is 52.9 Å². The number of carboxylic acid groups (broad SMARTS) is 3. The Hall–Kier alpha value is -3.09. The monoisotopic (exact) mass is 833 g/mol. The van der Waals surface area contributed by atoms with Crippen molar-refractivity contribution >= 4 is 52.5 Å². The van der Waals surface area contributed by atoms with Crippen LogP contribution in [0.5, 0.6) is 0 Å². The Morgan fingerprint density at radius 2 is 1.16 bits per heavy atom. The summed E-state index contributed by atoms with van der Waals surface area (Å²) >= 11 is 0. The quantitative estimate of drug-likeness (QED) is 0.0225. The van der Waals surface area contributed by atoms with Crippen LogP contribution in [0.4, 0.5) is 0 Å². The first-order chi connectivity index (χ1) is 26.1. The highest BCUT2D eigenvalue weighted by Gasteiger charge is 2.25. The van der Waals surface area contributed by atoms with Gasteiger partial charge in [-0.15, -0.1) is 9.42 Å². The van der Waals surface area contributed by atoms with E-state index in [2.05, 4.69) is 25.0 Å². The first kappa shape index (κ1) is 49.9. The maximum absolute atomic E-state index is 13.4. The van der Waals surface area contributed by atoms with Crippen molar-refractivity contribution in [2.24, 2.45) is 0 Å². The van der Waals surface area contributed by atoms with Gasteiger partial charge in [0, 0.05) is 76.6 Å². The third-order valence-electron chi connectivity index (χ3n) is 7.97. The van der Waals surface area contributed by atoms with Gasteiger partial charge in [-0.05, 0) is 25.7 Å². The van der Waals surface area contributed by atoms with Crippen molar-refractivity contribution in [3.05, 3.63) is 0 Å². The lowest BCUT2D eigenvalue weighted by molar-refractivity contribution is -0.140. The van der Waals surface area contributed by atoms with Crippen LogP contribution in [0.3, 0.4) is 0 Å². The molecule has 55 heavy (non-hydrogen) atoms. The van der Waals surface area contributed by atoms with Crippen LogP contribution in [0.1, 0.15) is 25.7 Å². The molecule has 2 atom stereocenters. The first-order valence-corrected chi connectivity index (χ1v) is 19.7. The highest BCUT2D eigenvalue weighted by molar-refractivity contribution is 7.39. The fourth-order valence-electron chi connectivity index (χ4n) is 5.26. The number of unbranched alkanes of at least 4 members (excludes halogenated alkanes) is 1. The highest BCUT2D eigenvalue weighted by Crippen LogP contribution is 2.24. The molecule has 24 nitrogen and oxygen atoms in total. The molecule has 0 bridgehead atoms. The summed E-state index contributed by atoms with van der Waals surface area (Å²) in [5, 5.41) is 45.4. The number of carboxylic acids is 3. The molecule has 0 aromatic rings. The number of hydrogen-bond donors (Lipinski definition) is 10. The van der Waals surface area contributed by atoms with E-state index in [9.17, 15) is 48.7 Å². The van der Waals surface area contributed by atoms with E-state index in [1.165, 1.54) is 0 Å². The van der Waals surface area contributed by atoms with Crippen molar-refractivity contribution in [2.75, 3.05) is 118 Å². The van der Waals surface area contributed by atoms with Crippen LogP contribution in [0.15, 0.2) is 0 Å². The number of aliphatic hydroxyl groups is 1. The van der Waals surface area contributed by atoms with Gasteiger partial charge in [-0.25, -0.2) is 4.90 Å². The lowest BCUT2D eigenvalue weighted by Crippen LogP contribution is -2.52. The van der Waals surface area contributed by atoms with E-state index in [-0.39, 0.29) is 118 Å². The summed E-state index contributed by atoms with van der Waals surface area (Å²) < 4.78 is 20.0. The molecule has 1 unspecified atom stereocenters. The molecule has 0 aromatic heterocycles. The largest absolute Gasteiger partial charge is 0.696 e. The van der Waals surface area contributed by atoms with Gasteiger partial charge < -0.3 is 46.2 Å². The fraction of sp³-hybridized carbons (Fsp3) is 0.793. The van der Waals surface area contributed by atoms with Gasteiger partial charge in [0.05, 0.1) is 32.7 Å². The first-order valence-electron chi connectivity index (χ1n) is 17.4. The van der Waals surface area contributed by atoms with Crippen LogP contribution in [0.2, 0.25) is 0 Å². The summed E-state index contributed by atoms with van der Waals surface area (Å²) in [5.74, 6) is -4.84. The summed E-state index contributed by atoms with van der Waals surface area (Å²) in [4.78, 5) is 108. The van der Waals surface area contributed by atoms with Crippen molar-refractivity contribution in [1.29, 1.82) is 0 Å². The minimum atomic E-state index is -2.98. The number of hydrogen-bond acceptors (Lipinski definition) is 17. The van der Waals surface area contributed by atoms with Crippen LogP contribution >= 0.6 is 16.9 Å². The molecular weight excluding hydrogens is 778 g/mol. The van der Waals surface area contributed by atoms with Gasteiger partial charge in [-0.1, -0.05) is 0 Å². The molecule has 26 heteroatoms. The fourth-order valence-corrected chi connectivity index (χ4v) is 5.79. The average Bonchev–Trinajstić information content (AvgIpc) is 3.09. The molecule has 1 saturated heterocycles. The van der Waals surface area contributed by atoms with Gasteiger partial charge in [-0.2, -0.15) is 0 Å². The van der Waals surface area contributed by atoms with Crippen LogP contribution in [-0.2, 0) is 42.4 Å². The Kier molecular flexibility index (Phi) is 26.5. The number of carbonyl (C=O) groups excluding carboxylic acids is 3. The minimum Gasteiger partial charge on any atom is -0.480 e. The summed E-state index contributed by atoms with van der Waals surface area (Å²) in [7, 11) is -5.73. The summed E-state index contributed by atoms with van der Waals surface area (Å²) in [6.07, 6.45) is 1.16. The van der Waals surface area contributed by atoms with Gasteiger partial charge >= 0.3 is 34.8 Å². The topological polar surface area (TPSA) is 332 Å². The second kappa shape index (κ2) is 29.2. The second-order valence-corrected chi connectivity index (χ2v) is 14.0. The Morgan fingerprint density at radius 1 is 0.691 bits per heavy atom. The van der Waals surface area contributed by atoms with E-state index < -0.39 is 72.0 Å². The Balaban J connectivity index is 2.92. The third kappa shape index (κ3) is 26.4. The number of nitrogens with zero attached hydrogens (tertiary/aromatic N) is 5. The molecule has 0 aliphatic carbocycles. The molecule has 3 amide bonds. The number of aliphatic carboxylic acids is 3. The van der Waals surface area contributed by atoms with Crippen molar-refractivity contribution in [3.63, 3.8) is 0 Å². The predicted octanol–water partition coefficient (Wildman–Crippen LogP) is -4.16. The standard InChI is InChI=1S/C29H54N8O16P2/c38-15-3-6-31-29(47)23(4-1-2-5-30-24(39)16-37(21-52-54(48)49)22-53-55(50)51)32-25(40)17-33-7-9-34(18-26(41)42)11-13-36(20-28(45)46)14-12-35(10-8-33)19-27(43)44/h23,38,48-49H,1-22H2,(H6-,30,31,32,39,40,41,42,43,44,45,46,47,50,51)/p+1/t23-/m1/s1. The number of nitrogens with one attached hydrogen (secondary N) is 3. The van der Waals surface area contributed by atoms with E-state index in [1.807, 2.05) is 0 Å². The lowest BCUT2D eigenvalue weighted by Gasteiger charge is -2.33. The minimum absolute atomic E-state index is 0.143. The molecule has 0 aromatic carbocycles. The molecule has 1 heterocycles. The van der Waals surface area contributed by atoms with E-state index in [1.54, 1.807) is 19.6 Å². The normalized spacial score (nSPS) is 16.5. The maximum Gasteiger partial charge on any atom is 0.696 e. The summed E-state index contributed by atoms with van der Waals surface area (Å²) in [5.41, 5.74) is 0. The van der Waals surface area contributed by atoms with Crippen LogP contribution in [0, 0.1) is 0 Å². The number of carbonyl (C=O) groups is 6. The number of amides is 3. The average molecular weight is 834 g/mol. The molecule has 0 saturated carbocycles. The maximum atomic E-state index is 13.4. The zero-order valence-corrected chi connectivity index (χ0v) is 32.4. The smallest absolute Gasteiger partial charge is 0.480 e. The third-order valence-corrected chi connectivity index (χ3v) is 8.66. The predicted molar refractivity (Wildman–Crippen MR) is 192 cm³/mol. The molecule has 1 aliphatic heterocycles. The molecular formula is C29H55N8O16P2+. The van der Waals surface area contributed by atoms with Crippen LogP contribution < -0.4 is 16.0 Å². The molecule has 316 valence electrons. The van der Waals surface area contributed by atoms with Gasteiger partial charge in [0.15, 0.2) is 6.73 Å². The van der Waals surface area contributed by atoms with E-state index in [0.29, 0.717) is 12.8 Å². The molecule has 0 spiro atoms. The van der Waals surface area contributed by atoms with Gasteiger partial charge in [0.2, 0.25) is 17.7 Å². The second-order valence-electron chi connectivity index (χ2n) is 12.5. The summed E-state index contributed by atoms with van der Waals surface area (Å²) in [6, 6.07) is -1.00. The van der Waals surface area contributed by atoms with E-state index in [4.69, 9.17) is 19.8 Å². The Morgan fingerprint density at radius 3 is 1.60 bits per heavy atom. The Labute approximate surface area is 320 Å². The SMILES string of the molecule is O=C(O)CN1CCN(CC(=O)O)CCN(CC(=O)N[C@H](CCCCNC(=O)CN(COP(O)O)CO[P+](=O)O)C(=O)NCCCO)CCN(CC(=O)O)CC1. The Bertz CT molecular complexity index is 1190. The molecule has 10 N–H and O–H groups in total. The lowest BCUT2D eigenvalue weighted by atomic mass is 10.1. The van der Waals surface area contributed by atoms with Gasteiger partial charge in [0.1, 0.15) is 12.8 Å². The molecule has 0 radical (unpaired) electrons. The zero-order chi connectivity index (χ0) is 41.2. The van der Waals surface area contributed by atoms with Crippen molar-refractivity contribution < 1.29 is 77.5 Å². The molecule has 1 aliphatic rings. The van der Waals surface area contributed by atoms with E-state index >= 15 is 0 Å². The van der Waals surface area contributed by atoms with Gasteiger partial charge in [0.25, 0.3) is 0 Å². The van der Waals surface area contributed by atoms with Crippen molar-refractivity contribution in [3.8, 4) is 0 Å². The van der Waals surface area contributed by atoms with E-state index in [0.717, 1.165) is 4.90 Å². The number of aliphatic hydroxyl groups excluding tert-OH is 1. The zero-order valence-electron chi connectivity index (χ0n) is 30.6.